The van der Waals surface area contributed by atoms with Gasteiger partial charge in [0.15, 0.2) is 0 Å². The van der Waals surface area contributed by atoms with E-state index in [4.69, 9.17) is 5.73 Å². The highest BCUT2D eigenvalue weighted by Gasteiger charge is 2.24. The average Bonchev–Trinajstić information content (AvgIpc) is 2.53. The predicted molar refractivity (Wildman–Crippen MR) is 110 cm³/mol. The van der Waals surface area contributed by atoms with Crippen LogP contribution in [0.5, 0.6) is 0 Å². The zero-order valence-electron chi connectivity index (χ0n) is 17.3. The van der Waals surface area contributed by atoms with Crippen molar-refractivity contribution in [3.05, 3.63) is 29.8 Å². The molecule has 0 fully saturated rings. The summed E-state index contributed by atoms with van der Waals surface area (Å²) in [4.78, 5) is 0.301. The first-order valence-corrected chi connectivity index (χ1v) is 10.9. The molecule has 26 heavy (non-hydrogen) atoms. The van der Waals surface area contributed by atoms with E-state index in [0.717, 1.165) is 5.56 Å². The third kappa shape index (κ3) is 6.65. The van der Waals surface area contributed by atoms with E-state index >= 15 is 0 Å². The number of hydrogen-bond acceptors (Lipinski definition) is 4. The fraction of sp³-hybridized carbons (Fsp3) is 0.700. The molecule has 0 heterocycles. The Hall–Kier alpha value is -0.950. The van der Waals surface area contributed by atoms with Gasteiger partial charge in [0.05, 0.1) is 4.90 Å². The normalized spacial score (nSPS) is 15.5. The molecule has 0 unspecified atom stereocenters. The van der Waals surface area contributed by atoms with E-state index in [1.165, 1.54) is 0 Å². The van der Waals surface area contributed by atoms with E-state index in [9.17, 15) is 8.42 Å². The van der Waals surface area contributed by atoms with Crippen LogP contribution in [0.2, 0.25) is 0 Å². The molecule has 0 amide bonds. The van der Waals surface area contributed by atoms with Gasteiger partial charge in [0, 0.05) is 25.2 Å². The molecule has 4 N–H and O–H groups in total. The molecule has 1 aromatic carbocycles. The number of sulfonamides is 1. The molecule has 2 atom stereocenters. The Morgan fingerprint density at radius 2 is 1.46 bits per heavy atom. The van der Waals surface area contributed by atoms with Crippen molar-refractivity contribution in [1.82, 2.24) is 10.0 Å². The summed E-state index contributed by atoms with van der Waals surface area (Å²) in [7, 11) is -3.56. The molecule has 0 bridgehead atoms. The molecular weight excluding hydrogens is 346 g/mol. The van der Waals surface area contributed by atoms with Crippen LogP contribution in [-0.4, -0.2) is 33.6 Å². The molecule has 0 radical (unpaired) electrons. The van der Waals surface area contributed by atoms with Gasteiger partial charge in [0.25, 0.3) is 0 Å². The van der Waals surface area contributed by atoms with E-state index in [-0.39, 0.29) is 23.4 Å². The Morgan fingerprint density at radius 1 is 0.962 bits per heavy atom. The maximum absolute atomic E-state index is 12.8. The van der Waals surface area contributed by atoms with Gasteiger partial charge in [-0.15, -0.1) is 0 Å². The Labute approximate surface area is 160 Å². The number of nitrogens with two attached hydrogens (primary N) is 1. The van der Waals surface area contributed by atoms with Crippen LogP contribution in [0.4, 0.5) is 0 Å². The van der Waals surface area contributed by atoms with Gasteiger partial charge < -0.3 is 11.1 Å². The Morgan fingerprint density at radius 3 is 1.85 bits per heavy atom. The first-order valence-electron chi connectivity index (χ1n) is 9.44. The van der Waals surface area contributed by atoms with E-state index < -0.39 is 10.0 Å². The summed E-state index contributed by atoms with van der Waals surface area (Å²) in [5, 5.41) is 3.40. The van der Waals surface area contributed by atoms with Crippen molar-refractivity contribution in [1.29, 1.82) is 0 Å². The van der Waals surface area contributed by atoms with Crippen LogP contribution < -0.4 is 15.8 Å². The maximum Gasteiger partial charge on any atom is 0.240 e. The van der Waals surface area contributed by atoms with E-state index in [2.05, 4.69) is 44.7 Å². The molecule has 6 heteroatoms. The van der Waals surface area contributed by atoms with Crippen molar-refractivity contribution in [2.45, 2.75) is 70.9 Å². The summed E-state index contributed by atoms with van der Waals surface area (Å²) in [6.45, 7) is 15.7. The minimum absolute atomic E-state index is 0.00576. The SMILES string of the molecule is CC(C)[C@@H](CN)NC[C@@H](NS(=O)(=O)c1ccc(C(C)(C)C)cc1)C(C)C. The van der Waals surface area contributed by atoms with Crippen molar-refractivity contribution in [3.63, 3.8) is 0 Å². The highest BCUT2D eigenvalue weighted by molar-refractivity contribution is 7.89. The Kier molecular flexibility index (Phi) is 8.27. The summed E-state index contributed by atoms with van der Waals surface area (Å²) >= 11 is 0. The van der Waals surface area contributed by atoms with Gasteiger partial charge >= 0.3 is 0 Å². The molecule has 0 saturated heterocycles. The minimum Gasteiger partial charge on any atom is -0.329 e. The summed E-state index contributed by atoms with van der Waals surface area (Å²) < 4.78 is 28.4. The zero-order chi connectivity index (χ0) is 20.1. The summed E-state index contributed by atoms with van der Waals surface area (Å²) in [6, 6.07) is 7.12. The second-order valence-corrected chi connectivity index (χ2v) is 10.5. The second-order valence-electron chi connectivity index (χ2n) is 8.74. The van der Waals surface area contributed by atoms with Crippen molar-refractivity contribution in [2.24, 2.45) is 17.6 Å². The molecule has 0 saturated carbocycles. The van der Waals surface area contributed by atoms with Crippen LogP contribution in [0.15, 0.2) is 29.2 Å². The number of rotatable bonds is 9. The highest BCUT2D eigenvalue weighted by atomic mass is 32.2. The second kappa shape index (κ2) is 9.31. The Bertz CT molecular complexity index is 647. The van der Waals surface area contributed by atoms with Gasteiger partial charge in [-0.2, -0.15) is 0 Å². The van der Waals surface area contributed by atoms with Gasteiger partial charge in [0.2, 0.25) is 10.0 Å². The lowest BCUT2D eigenvalue weighted by atomic mass is 9.87. The molecular formula is C20H37N3O2S. The lowest BCUT2D eigenvalue weighted by Gasteiger charge is -2.27. The van der Waals surface area contributed by atoms with Crippen LogP contribution in [-0.2, 0) is 15.4 Å². The topological polar surface area (TPSA) is 84.2 Å². The third-order valence-electron chi connectivity index (χ3n) is 4.80. The van der Waals surface area contributed by atoms with Crippen molar-refractivity contribution >= 4 is 10.0 Å². The molecule has 5 nitrogen and oxygen atoms in total. The predicted octanol–water partition coefficient (Wildman–Crippen LogP) is 2.86. The van der Waals surface area contributed by atoms with Crippen molar-refractivity contribution in [2.75, 3.05) is 13.1 Å². The average molecular weight is 384 g/mol. The smallest absolute Gasteiger partial charge is 0.240 e. The van der Waals surface area contributed by atoms with Gasteiger partial charge in [-0.25, -0.2) is 13.1 Å². The van der Waals surface area contributed by atoms with Crippen molar-refractivity contribution in [3.8, 4) is 0 Å². The minimum atomic E-state index is -3.56. The van der Waals surface area contributed by atoms with Crippen LogP contribution in [0.1, 0.15) is 54.0 Å². The number of nitrogens with one attached hydrogen (secondary N) is 2. The highest BCUT2D eigenvalue weighted by Crippen LogP contribution is 2.23. The lowest BCUT2D eigenvalue weighted by Crippen LogP contribution is -2.50. The molecule has 1 aromatic rings. The van der Waals surface area contributed by atoms with Crippen LogP contribution in [0, 0.1) is 11.8 Å². The molecule has 1 rings (SSSR count). The van der Waals surface area contributed by atoms with E-state index in [0.29, 0.717) is 23.9 Å². The van der Waals surface area contributed by atoms with Crippen LogP contribution >= 0.6 is 0 Å². The third-order valence-corrected chi connectivity index (χ3v) is 6.31. The molecule has 0 aliphatic carbocycles. The van der Waals surface area contributed by atoms with Gasteiger partial charge in [0.1, 0.15) is 0 Å². The Balaban J connectivity index is 2.89. The van der Waals surface area contributed by atoms with E-state index in [1.54, 1.807) is 12.1 Å². The summed E-state index contributed by atoms with van der Waals surface area (Å²) in [5.41, 5.74) is 6.91. The van der Waals surface area contributed by atoms with E-state index in [1.807, 2.05) is 26.0 Å². The molecule has 0 aromatic heterocycles. The number of benzene rings is 1. The summed E-state index contributed by atoms with van der Waals surface area (Å²) in [5.74, 6) is 0.561. The quantitative estimate of drug-likeness (QED) is 0.612. The largest absolute Gasteiger partial charge is 0.329 e. The zero-order valence-corrected chi connectivity index (χ0v) is 18.2. The van der Waals surface area contributed by atoms with Gasteiger partial charge in [-0.05, 0) is 34.9 Å². The fourth-order valence-electron chi connectivity index (χ4n) is 2.68. The maximum atomic E-state index is 12.8. The monoisotopic (exact) mass is 383 g/mol. The molecule has 0 aliphatic rings. The lowest BCUT2D eigenvalue weighted by molar-refractivity contribution is 0.354. The molecule has 0 aliphatic heterocycles. The first-order chi connectivity index (χ1) is 11.9. The van der Waals surface area contributed by atoms with Gasteiger partial charge in [-0.1, -0.05) is 60.6 Å². The van der Waals surface area contributed by atoms with Gasteiger partial charge in [-0.3, -0.25) is 0 Å². The molecule has 150 valence electrons. The molecule has 0 spiro atoms. The fourth-order valence-corrected chi connectivity index (χ4v) is 4.07. The van der Waals surface area contributed by atoms with Crippen molar-refractivity contribution < 1.29 is 8.42 Å². The van der Waals surface area contributed by atoms with Crippen LogP contribution in [0.25, 0.3) is 0 Å². The van der Waals surface area contributed by atoms with Crippen LogP contribution in [0.3, 0.4) is 0 Å². The number of hydrogen-bond donors (Lipinski definition) is 3. The summed E-state index contributed by atoms with van der Waals surface area (Å²) in [6.07, 6.45) is 0. The first kappa shape index (κ1) is 23.1. The standard InChI is InChI=1S/C20H37N3O2S/c1-14(2)18(12-21)22-13-19(15(3)4)23-26(24,25)17-10-8-16(9-11-17)20(5,6)7/h8-11,14-15,18-19,22-23H,12-13,21H2,1-7H3/t18-,19-/m1/s1.